The number of carbonyl (C=O) groups is 1. The van der Waals surface area contributed by atoms with Gasteiger partial charge in [-0.05, 0) is 23.6 Å². The number of amides is 1. The Balaban J connectivity index is 1.93. The summed E-state index contributed by atoms with van der Waals surface area (Å²) in [4.78, 5) is 14.3. The van der Waals surface area contributed by atoms with Gasteiger partial charge >= 0.3 is 6.09 Å². The summed E-state index contributed by atoms with van der Waals surface area (Å²) in [5, 5.41) is 12.8. The molecular weight excluding hydrogens is 264 g/mol. The fourth-order valence-corrected chi connectivity index (χ4v) is 2.61. The van der Waals surface area contributed by atoms with Gasteiger partial charge in [0.15, 0.2) is 0 Å². The fourth-order valence-electron chi connectivity index (χ4n) is 2.61. The Bertz CT molecular complexity index is 750. The number of rotatable bonds is 4. The molecule has 1 unspecified atom stereocenters. The molecule has 3 aromatic rings. The van der Waals surface area contributed by atoms with Crippen molar-refractivity contribution in [2.75, 3.05) is 0 Å². The SMILES string of the molecule is O=C(O)NC(Cc1c[nH]c2ccccc12)c1ccccc1. The van der Waals surface area contributed by atoms with Crippen molar-refractivity contribution in [2.45, 2.75) is 12.5 Å². The Morgan fingerprint density at radius 3 is 2.57 bits per heavy atom. The Kier molecular flexibility index (Phi) is 3.60. The van der Waals surface area contributed by atoms with Crippen LogP contribution >= 0.6 is 0 Å². The first-order chi connectivity index (χ1) is 10.2. The van der Waals surface area contributed by atoms with Gasteiger partial charge < -0.3 is 15.4 Å². The van der Waals surface area contributed by atoms with E-state index in [0.29, 0.717) is 6.42 Å². The van der Waals surface area contributed by atoms with Crippen molar-refractivity contribution in [3.63, 3.8) is 0 Å². The maximum absolute atomic E-state index is 11.1. The normalized spacial score (nSPS) is 12.2. The Labute approximate surface area is 122 Å². The number of aromatic amines is 1. The number of nitrogens with one attached hydrogen (secondary N) is 2. The number of H-pyrrole nitrogens is 1. The van der Waals surface area contributed by atoms with E-state index in [1.165, 1.54) is 0 Å². The van der Waals surface area contributed by atoms with Crippen LogP contribution in [0.2, 0.25) is 0 Å². The van der Waals surface area contributed by atoms with Gasteiger partial charge in [0.25, 0.3) is 0 Å². The molecule has 0 aliphatic heterocycles. The van der Waals surface area contributed by atoms with Crippen molar-refractivity contribution in [1.29, 1.82) is 0 Å². The van der Waals surface area contributed by atoms with Gasteiger partial charge in [-0.15, -0.1) is 0 Å². The van der Waals surface area contributed by atoms with E-state index in [4.69, 9.17) is 5.11 Å². The zero-order valence-corrected chi connectivity index (χ0v) is 11.4. The summed E-state index contributed by atoms with van der Waals surface area (Å²) in [6, 6.07) is 17.4. The van der Waals surface area contributed by atoms with Gasteiger partial charge in [-0.1, -0.05) is 48.5 Å². The minimum atomic E-state index is -1.01. The highest BCUT2D eigenvalue weighted by molar-refractivity contribution is 5.83. The van der Waals surface area contributed by atoms with Crippen molar-refractivity contribution < 1.29 is 9.90 Å². The molecule has 1 heterocycles. The largest absolute Gasteiger partial charge is 0.465 e. The molecule has 4 heteroatoms. The van der Waals surface area contributed by atoms with Gasteiger partial charge in [0, 0.05) is 17.1 Å². The van der Waals surface area contributed by atoms with Gasteiger partial charge in [0.2, 0.25) is 0 Å². The van der Waals surface area contributed by atoms with Gasteiger partial charge in [0.05, 0.1) is 6.04 Å². The lowest BCUT2D eigenvalue weighted by atomic mass is 9.98. The number of fused-ring (bicyclic) bond motifs is 1. The van der Waals surface area contributed by atoms with Gasteiger partial charge in [-0.3, -0.25) is 0 Å². The predicted octanol–water partition coefficient (Wildman–Crippen LogP) is 3.72. The number of hydrogen-bond donors (Lipinski definition) is 3. The van der Waals surface area contributed by atoms with Crippen LogP contribution in [0.1, 0.15) is 17.2 Å². The van der Waals surface area contributed by atoms with E-state index in [0.717, 1.165) is 22.0 Å². The lowest BCUT2D eigenvalue weighted by molar-refractivity contribution is 0.190. The molecule has 1 aromatic heterocycles. The second kappa shape index (κ2) is 5.71. The molecule has 106 valence electrons. The molecule has 0 aliphatic carbocycles. The molecule has 4 nitrogen and oxygen atoms in total. The maximum atomic E-state index is 11.1. The van der Waals surface area contributed by atoms with Crippen LogP contribution in [0.25, 0.3) is 10.9 Å². The lowest BCUT2D eigenvalue weighted by Crippen LogP contribution is -2.28. The summed E-state index contributed by atoms with van der Waals surface area (Å²) in [5.74, 6) is 0. The second-order valence-corrected chi connectivity index (χ2v) is 4.98. The first-order valence-corrected chi connectivity index (χ1v) is 6.83. The van der Waals surface area contributed by atoms with Gasteiger partial charge in [-0.2, -0.15) is 0 Å². The molecule has 0 radical (unpaired) electrons. The molecule has 0 spiro atoms. The monoisotopic (exact) mass is 280 g/mol. The van der Waals surface area contributed by atoms with Crippen molar-refractivity contribution >= 4 is 17.0 Å². The maximum Gasteiger partial charge on any atom is 0.405 e. The summed E-state index contributed by atoms with van der Waals surface area (Å²) in [6.07, 6.45) is 1.55. The van der Waals surface area contributed by atoms with E-state index in [1.807, 2.05) is 60.8 Å². The molecule has 0 saturated carbocycles. The molecule has 0 aliphatic rings. The van der Waals surface area contributed by atoms with Crippen LogP contribution in [0.5, 0.6) is 0 Å². The summed E-state index contributed by atoms with van der Waals surface area (Å²) in [7, 11) is 0. The van der Waals surface area contributed by atoms with Crippen LogP contribution in [0.4, 0.5) is 4.79 Å². The van der Waals surface area contributed by atoms with Crippen LogP contribution < -0.4 is 5.32 Å². The first-order valence-electron chi connectivity index (χ1n) is 6.83. The van der Waals surface area contributed by atoms with Crippen LogP contribution in [0.15, 0.2) is 60.8 Å². The van der Waals surface area contributed by atoms with Crippen molar-refractivity contribution in [1.82, 2.24) is 10.3 Å². The van der Waals surface area contributed by atoms with E-state index < -0.39 is 6.09 Å². The Morgan fingerprint density at radius 1 is 1.10 bits per heavy atom. The molecular formula is C17H16N2O2. The lowest BCUT2D eigenvalue weighted by Gasteiger charge is -2.17. The number of hydrogen-bond acceptors (Lipinski definition) is 1. The minimum absolute atomic E-state index is 0.261. The van der Waals surface area contributed by atoms with E-state index in [1.54, 1.807) is 0 Å². The summed E-state index contributed by atoms with van der Waals surface area (Å²) in [6.45, 7) is 0. The highest BCUT2D eigenvalue weighted by Crippen LogP contribution is 2.24. The fraction of sp³-hybridized carbons (Fsp3) is 0.118. The van der Waals surface area contributed by atoms with Crippen LogP contribution in [-0.2, 0) is 6.42 Å². The van der Waals surface area contributed by atoms with E-state index >= 15 is 0 Å². The third-order valence-electron chi connectivity index (χ3n) is 3.60. The smallest absolute Gasteiger partial charge is 0.405 e. The summed E-state index contributed by atoms with van der Waals surface area (Å²) >= 11 is 0. The van der Waals surface area contributed by atoms with E-state index in [9.17, 15) is 4.79 Å². The van der Waals surface area contributed by atoms with E-state index in [-0.39, 0.29) is 6.04 Å². The standard InChI is InChI=1S/C17H16N2O2/c20-17(21)19-16(12-6-2-1-3-7-12)10-13-11-18-15-9-5-4-8-14(13)15/h1-9,11,16,18-19H,10H2,(H,20,21). The van der Waals surface area contributed by atoms with Crippen molar-refractivity contribution in [2.24, 2.45) is 0 Å². The van der Waals surface area contributed by atoms with Crippen LogP contribution in [0.3, 0.4) is 0 Å². The molecule has 0 bridgehead atoms. The van der Waals surface area contributed by atoms with E-state index in [2.05, 4.69) is 10.3 Å². The number of benzene rings is 2. The number of carboxylic acid groups (broad SMARTS) is 1. The number of aromatic nitrogens is 1. The quantitative estimate of drug-likeness (QED) is 0.682. The molecule has 0 fully saturated rings. The molecule has 21 heavy (non-hydrogen) atoms. The molecule has 0 saturated heterocycles. The predicted molar refractivity (Wildman–Crippen MR) is 82.3 cm³/mol. The molecule has 3 N–H and O–H groups in total. The highest BCUT2D eigenvalue weighted by Gasteiger charge is 2.16. The van der Waals surface area contributed by atoms with Crippen LogP contribution in [-0.4, -0.2) is 16.2 Å². The third kappa shape index (κ3) is 2.89. The average molecular weight is 280 g/mol. The zero-order valence-electron chi connectivity index (χ0n) is 11.4. The first kappa shape index (κ1) is 13.2. The highest BCUT2D eigenvalue weighted by atomic mass is 16.4. The summed E-state index contributed by atoms with van der Waals surface area (Å²) < 4.78 is 0. The van der Waals surface area contributed by atoms with Crippen molar-refractivity contribution in [3.8, 4) is 0 Å². The molecule has 1 atom stereocenters. The second-order valence-electron chi connectivity index (χ2n) is 4.98. The summed E-state index contributed by atoms with van der Waals surface area (Å²) in [5.41, 5.74) is 3.13. The van der Waals surface area contributed by atoms with Crippen LogP contribution in [0, 0.1) is 0 Å². The third-order valence-corrected chi connectivity index (χ3v) is 3.60. The molecule has 2 aromatic carbocycles. The topological polar surface area (TPSA) is 65.1 Å². The number of para-hydroxylation sites is 1. The van der Waals surface area contributed by atoms with Gasteiger partial charge in [0.1, 0.15) is 0 Å². The molecule has 1 amide bonds. The Hall–Kier alpha value is -2.75. The zero-order chi connectivity index (χ0) is 14.7. The molecule has 3 rings (SSSR count). The average Bonchev–Trinajstić information content (AvgIpc) is 2.90. The van der Waals surface area contributed by atoms with Crippen molar-refractivity contribution in [3.05, 3.63) is 71.9 Å². The minimum Gasteiger partial charge on any atom is -0.465 e. The Morgan fingerprint density at radius 2 is 1.81 bits per heavy atom. The van der Waals surface area contributed by atoms with Gasteiger partial charge in [-0.25, -0.2) is 4.79 Å².